The molecule has 0 saturated carbocycles. The van der Waals surface area contributed by atoms with E-state index in [1.54, 1.807) is 6.07 Å². The normalized spacial score (nSPS) is 10.5. The van der Waals surface area contributed by atoms with Crippen molar-refractivity contribution in [3.05, 3.63) is 58.3 Å². The number of rotatable bonds is 6. The second kappa shape index (κ2) is 7.10. The van der Waals surface area contributed by atoms with E-state index < -0.39 is 5.91 Å². The Morgan fingerprint density at radius 1 is 1.21 bits per heavy atom. The number of carbonyl (C=O) groups is 2. The minimum absolute atomic E-state index is 0.0123. The van der Waals surface area contributed by atoms with Gasteiger partial charge in [0.1, 0.15) is 11.3 Å². The maximum atomic E-state index is 12.1. The Labute approximate surface area is 142 Å². The van der Waals surface area contributed by atoms with Crippen molar-refractivity contribution in [3.8, 4) is 11.3 Å². The summed E-state index contributed by atoms with van der Waals surface area (Å²) in [6.45, 7) is 0. The third-order valence-electron chi connectivity index (χ3n) is 3.47. The Kier molecular flexibility index (Phi) is 4.72. The van der Waals surface area contributed by atoms with Crippen LogP contribution < -0.4 is 11.1 Å². The van der Waals surface area contributed by atoms with Crippen LogP contribution in [0.25, 0.3) is 11.3 Å². The average molecular weight is 341 g/mol. The zero-order valence-electron chi connectivity index (χ0n) is 12.7. The van der Waals surface area contributed by atoms with Gasteiger partial charge in [0.2, 0.25) is 11.8 Å². The summed E-state index contributed by atoms with van der Waals surface area (Å²) in [6.07, 6.45) is 0.848. The van der Waals surface area contributed by atoms with Crippen LogP contribution in [0.15, 0.2) is 51.7 Å². The lowest BCUT2D eigenvalue weighted by atomic mass is 10.1. The van der Waals surface area contributed by atoms with Gasteiger partial charge in [-0.15, -0.1) is 0 Å². The summed E-state index contributed by atoms with van der Waals surface area (Å²) in [7, 11) is 0. The molecule has 0 saturated heterocycles. The lowest BCUT2D eigenvalue weighted by Crippen LogP contribution is -2.17. The van der Waals surface area contributed by atoms with E-state index in [-0.39, 0.29) is 23.8 Å². The van der Waals surface area contributed by atoms with Gasteiger partial charge in [0.05, 0.1) is 0 Å². The molecule has 0 fully saturated rings. The Morgan fingerprint density at radius 3 is 2.67 bits per heavy atom. The molecular weight excluding hydrogens is 326 g/mol. The highest BCUT2D eigenvalue weighted by Gasteiger charge is 2.23. The lowest BCUT2D eigenvalue weighted by molar-refractivity contribution is -0.116. The number of amides is 2. The molecule has 0 bridgehead atoms. The molecule has 122 valence electrons. The highest BCUT2D eigenvalue weighted by atomic mass is 32.1. The van der Waals surface area contributed by atoms with Crippen LogP contribution in [0.3, 0.4) is 0 Å². The number of hydrogen-bond donors (Lipinski definition) is 2. The van der Waals surface area contributed by atoms with Crippen molar-refractivity contribution in [2.45, 2.75) is 12.8 Å². The summed E-state index contributed by atoms with van der Waals surface area (Å²) in [5.41, 5.74) is 7.62. The molecule has 0 spiro atoms. The molecule has 1 aromatic carbocycles. The average Bonchev–Trinajstić information content (AvgIpc) is 3.23. The van der Waals surface area contributed by atoms with Crippen LogP contribution in [0.5, 0.6) is 0 Å². The molecule has 0 aliphatic carbocycles. The van der Waals surface area contributed by atoms with Gasteiger partial charge in [-0.25, -0.2) is 0 Å². The van der Waals surface area contributed by atoms with Crippen LogP contribution >= 0.6 is 11.3 Å². The molecular formula is C17H15N3O3S. The smallest absolute Gasteiger partial charge is 0.256 e. The first-order valence-electron chi connectivity index (χ1n) is 7.31. The highest BCUT2D eigenvalue weighted by molar-refractivity contribution is 7.08. The molecule has 3 N–H and O–H groups in total. The zero-order valence-corrected chi connectivity index (χ0v) is 13.5. The molecule has 0 unspecified atom stereocenters. The van der Waals surface area contributed by atoms with Gasteiger partial charge in [-0.1, -0.05) is 35.5 Å². The van der Waals surface area contributed by atoms with Crippen LogP contribution in [0.2, 0.25) is 0 Å². The molecule has 24 heavy (non-hydrogen) atoms. The molecule has 3 aromatic rings. The van der Waals surface area contributed by atoms with Gasteiger partial charge >= 0.3 is 0 Å². The number of aromatic nitrogens is 1. The standard InChI is InChI=1S/C17H15N3O3S/c18-16(22)14-15(12-8-9-24-10-12)20-23-17(14)19-13(21)7-6-11-4-2-1-3-5-11/h1-5,8-10H,6-7H2,(H2,18,22)(H,19,21). The zero-order chi connectivity index (χ0) is 16.9. The Morgan fingerprint density at radius 2 is 2.00 bits per heavy atom. The molecule has 2 aromatic heterocycles. The molecule has 3 rings (SSSR count). The number of nitrogens with two attached hydrogens (primary N) is 1. The number of primary amides is 1. The first kappa shape index (κ1) is 15.9. The van der Waals surface area contributed by atoms with E-state index in [9.17, 15) is 9.59 Å². The fraction of sp³-hybridized carbons (Fsp3) is 0.118. The van der Waals surface area contributed by atoms with E-state index in [1.165, 1.54) is 11.3 Å². The van der Waals surface area contributed by atoms with Crippen LogP contribution in [-0.2, 0) is 11.2 Å². The minimum Gasteiger partial charge on any atom is -0.365 e. The Balaban J connectivity index is 1.73. The van der Waals surface area contributed by atoms with Crippen molar-refractivity contribution in [2.24, 2.45) is 5.73 Å². The quantitative estimate of drug-likeness (QED) is 0.720. The highest BCUT2D eigenvalue weighted by Crippen LogP contribution is 2.30. The summed E-state index contributed by atoms with van der Waals surface area (Å²) in [4.78, 5) is 23.8. The number of nitrogens with one attached hydrogen (secondary N) is 1. The van der Waals surface area contributed by atoms with E-state index in [2.05, 4.69) is 10.5 Å². The SMILES string of the molecule is NC(=O)c1c(-c2ccsc2)noc1NC(=O)CCc1ccccc1. The predicted octanol–water partition coefficient (Wildman–Crippen LogP) is 3.07. The summed E-state index contributed by atoms with van der Waals surface area (Å²) in [5.74, 6) is -0.980. The third-order valence-corrected chi connectivity index (χ3v) is 4.15. The van der Waals surface area contributed by atoms with Crippen molar-refractivity contribution >= 4 is 29.0 Å². The number of thiophene rings is 1. The first-order valence-corrected chi connectivity index (χ1v) is 8.25. The minimum atomic E-state index is -0.698. The van der Waals surface area contributed by atoms with Crippen molar-refractivity contribution in [1.29, 1.82) is 0 Å². The number of nitrogens with zero attached hydrogens (tertiary/aromatic N) is 1. The Bertz CT molecular complexity index is 841. The van der Waals surface area contributed by atoms with Crippen molar-refractivity contribution < 1.29 is 14.1 Å². The van der Waals surface area contributed by atoms with Crippen molar-refractivity contribution in [3.63, 3.8) is 0 Å². The number of benzene rings is 1. The number of hydrogen-bond acceptors (Lipinski definition) is 5. The fourth-order valence-electron chi connectivity index (χ4n) is 2.29. The van der Waals surface area contributed by atoms with E-state index in [1.807, 2.05) is 41.1 Å². The fourth-order valence-corrected chi connectivity index (χ4v) is 2.93. The van der Waals surface area contributed by atoms with Gasteiger partial charge in [0.15, 0.2) is 0 Å². The maximum Gasteiger partial charge on any atom is 0.256 e. The van der Waals surface area contributed by atoms with Crippen molar-refractivity contribution in [1.82, 2.24) is 5.16 Å². The topological polar surface area (TPSA) is 98.2 Å². The first-order chi connectivity index (χ1) is 11.6. The number of aryl methyl sites for hydroxylation is 1. The number of carbonyl (C=O) groups excluding carboxylic acids is 2. The molecule has 0 atom stereocenters. The second-order valence-corrected chi connectivity index (χ2v) is 5.93. The predicted molar refractivity (Wildman–Crippen MR) is 91.7 cm³/mol. The van der Waals surface area contributed by atoms with Gasteiger partial charge in [0.25, 0.3) is 5.91 Å². The molecule has 0 radical (unpaired) electrons. The summed E-state index contributed by atoms with van der Waals surface area (Å²) in [6, 6.07) is 11.5. The van der Waals surface area contributed by atoms with Crippen LogP contribution in [0, 0.1) is 0 Å². The maximum absolute atomic E-state index is 12.1. The van der Waals surface area contributed by atoms with Gasteiger partial charge in [-0.3, -0.25) is 14.9 Å². The molecule has 0 aliphatic rings. The summed E-state index contributed by atoms with van der Waals surface area (Å²) < 4.78 is 5.13. The van der Waals surface area contributed by atoms with E-state index in [4.69, 9.17) is 10.3 Å². The third kappa shape index (κ3) is 3.52. The molecule has 7 heteroatoms. The van der Waals surface area contributed by atoms with E-state index in [0.29, 0.717) is 12.1 Å². The van der Waals surface area contributed by atoms with Gasteiger partial charge in [0, 0.05) is 17.4 Å². The van der Waals surface area contributed by atoms with Crippen LogP contribution in [0.4, 0.5) is 5.88 Å². The van der Waals surface area contributed by atoms with Gasteiger partial charge < -0.3 is 10.3 Å². The van der Waals surface area contributed by atoms with Crippen molar-refractivity contribution in [2.75, 3.05) is 5.32 Å². The van der Waals surface area contributed by atoms with Crippen LogP contribution in [-0.4, -0.2) is 17.0 Å². The van der Waals surface area contributed by atoms with Gasteiger partial charge in [-0.05, 0) is 23.4 Å². The van der Waals surface area contributed by atoms with Crippen LogP contribution in [0.1, 0.15) is 22.3 Å². The van der Waals surface area contributed by atoms with E-state index >= 15 is 0 Å². The monoisotopic (exact) mass is 341 g/mol. The summed E-state index contributed by atoms with van der Waals surface area (Å²) in [5, 5.41) is 10.1. The molecule has 0 aliphatic heterocycles. The van der Waals surface area contributed by atoms with Gasteiger partial charge in [-0.2, -0.15) is 11.3 Å². The lowest BCUT2D eigenvalue weighted by Gasteiger charge is -2.03. The van der Waals surface area contributed by atoms with E-state index in [0.717, 1.165) is 11.1 Å². The molecule has 2 heterocycles. The largest absolute Gasteiger partial charge is 0.365 e. The Hall–Kier alpha value is -2.93. The number of anilines is 1. The molecule has 6 nitrogen and oxygen atoms in total. The summed E-state index contributed by atoms with van der Waals surface area (Å²) >= 11 is 1.46. The molecule has 2 amide bonds. The second-order valence-electron chi connectivity index (χ2n) is 5.15.